The molecule has 0 unspecified atom stereocenters. The number of hydrogen-bond donors (Lipinski definition) is 3. The summed E-state index contributed by atoms with van der Waals surface area (Å²) in [5.41, 5.74) is 3.70. The second kappa shape index (κ2) is 3.26. The van der Waals surface area contributed by atoms with Crippen LogP contribution in [0.3, 0.4) is 0 Å². The number of aliphatic carboxylic acids is 1. The second-order valence-corrected chi connectivity index (χ2v) is 3.17. The van der Waals surface area contributed by atoms with Crippen LogP contribution in [0.4, 0.5) is 4.39 Å². The lowest BCUT2D eigenvalue weighted by Gasteiger charge is -2.20. The van der Waals surface area contributed by atoms with Crippen LogP contribution in [0.25, 0.3) is 0 Å². The zero-order valence-corrected chi connectivity index (χ0v) is 7.49. The van der Waals surface area contributed by atoms with Gasteiger partial charge in [-0.1, -0.05) is 0 Å². The molecule has 0 aliphatic carbocycles. The van der Waals surface area contributed by atoms with Gasteiger partial charge in [-0.15, -0.1) is 0 Å². The van der Waals surface area contributed by atoms with E-state index in [1.54, 1.807) is 0 Å². The van der Waals surface area contributed by atoms with Crippen LogP contribution < -0.4 is 5.73 Å². The van der Waals surface area contributed by atoms with E-state index < -0.39 is 23.1 Å². The fraction of sp³-hybridized carbons (Fsp3) is 0.222. The van der Waals surface area contributed by atoms with E-state index in [0.717, 1.165) is 18.2 Å². The highest BCUT2D eigenvalue weighted by atomic mass is 19.1. The Labute approximate surface area is 79.8 Å². The van der Waals surface area contributed by atoms with Crippen molar-refractivity contribution in [2.45, 2.75) is 12.5 Å². The molecule has 0 fully saturated rings. The molecule has 14 heavy (non-hydrogen) atoms. The highest BCUT2D eigenvalue weighted by Gasteiger charge is 2.32. The summed E-state index contributed by atoms with van der Waals surface area (Å²) in [5.74, 6) is -2.40. The van der Waals surface area contributed by atoms with E-state index in [2.05, 4.69) is 0 Å². The lowest BCUT2D eigenvalue weighted by atomic mass is 9.92. The predicted octanol–water partition coefficient (Wildman–Crippen LogP) is 0.790. The van der Waals surface area contributed by atoms with E-state index in [0.29, 0.717) is 0 Å². The number of phenols is 1. The summed E-state index contributed by atoms with van der Waals surface area (Å²) in [5, 5.41) is 18.1. The quantitative estimate of drug-likeness (QED) is 0.657. The Balaban J connectivity index is 3.26. The number of carboxylic acid groups (broad SMARTS) is 1. The minimum atomic E-state index is -1.72. The summed E-state index contributed by atoms with van der Waals surface area (Å²) >= 11 is 0. The van der Waals surface area contributed by atoms with Gasteiger partial charge in [0.05, 0.1) is 0 Å². The van der Waals surface area contributed by atoms with Crippen LogP contribution in [0.1, 0.15) is 12.5 Å². The highest BCUT2D eigenvalue weighted by Crippen LogP contribution is 2.27. The van der Waals surface area contributed by atoms with Crippen LogP contribution in [-0.4, -0.2) is 16.2 Å². The molecule has 0 aromatic heterocycles. The van der Waals surface area contributed by atoms with Crippen molar-refractivity contribution in [3.8, 4) is 5.75 Å². The fourth-order valence-electron chi connectivity index (χ4n) is 1.06. The number of carbonyl (C=O) groups is 1. The maximum Gasteiger partial charge on any atom is 0.328 e. The van der Waals surface area contributed by atoms with E-state index in [9.17, 15) is 14.3 Å². The maximum atomic E-state index is 12.6. The van der Waals surface area contributed by atoms with Crippen LogP contribution in [-0.2, 0) is 10.3 Å². The molecule has 0 radical (unpaired) electrons. The summed E-state index contributed by atoms with van der Waals surface area (Å²) in [6.07, 6.45) is 0. The van der Waals surface area contributed by atoms with Crippen molar-refractivity contribution in [3.63, 3.8) is 0 Å². The summed E-state index contributed by atoms with van der Waals surface area (Å²) < 4.78 is 12.6. The Morgan fingerprint density at radius 3 is 2.57 bits per heavy atom. The number of aromatic hydroxyl groups is 1. The lowest BCUT2D eigenvalue weighted by Crippen LogP contribution is -2.41. The molecule has 0 saturated heterocycles. The first-order valence-corrected chi connectivity index (χ1v) is 3.87. The van der Waals surface area contributed by atoms with E-state index in [-0.39, 0.29) is 5.56 Å². The molecule has 0 amide bonds. The van der Waals surface area contributed by atoms with Crippen molar-refractivity contribution in [1.82, 2.24) is 0 Å². The van der Waals surface area contributed by atoms with Gasteiger partial charge >= 0.3 is 5.97 Å². The number of nitrogens with two attached hydrogens (primary N) is 1. The molecular formula is C9H10FNO3. The lowest BCUT2D eigenvalue weighted by molar-refractivity contribution is -0.143. The molecule has 4 N–H and O–H groups in total. The topological polar surface area (TPSA) is 83.6 Å². The third kappa shape index (κ3) is 1.67. The first-order chi connectivity index (χ1) is 6.35. The summed E-state index contributed by atoms with van der Waals surface area (Å²) in [7, 11) is 0. The van der Waals surface area contributed by atoms with Gasteiger partial charge in [0.25, 0.3) is 0 Å². The van der Waals surface area contributed by atoms with Gasteiger partial charge in [-0.05, 0) is 19.1 Å². The number of halogens is 1. The van der Waals surface area contributed by atoms with Gasteiger partial charge in [0.1, 0.15) is 17.1 Å². The van der Waals surface area contributed by atoms with E-state index in [4.69, 9.17) is 10.8 Å². The molecule has 76 valence electrons. The van der Waals surface area contributed by atoms with Gasteiger partial charge in [0.15, 0.2) is 0 Å². The van der Waals surface area contributed by atoms with Crippen LogP contribution >= 0.6 is 0 Å². The highest BCUT2D eigenvalue weighted by molar-refractivity contribution is 5.80. The minimum absolute atomic E-state index is 0.0219. The van der Waals surface area contributed by atoms with Crippen LogP contribution in [0.2, 0.25) is 0 Å². The first kappa shape index (κ1) is 10.5. The van der Waals surface area contributed by atoms with Gasteiger partial charge in [0.2, 0.25) is 0 Å². The van der Waals surface area contributed by atoms with Gasteiger partial charge < -0.3 is 15.9 Å². The number of rotatable bonds is 2. The Kier molecular flexibility index (Phi) is 2.44. The number of benzene rings is 1. The van der Waals surface area contributed by atoms with Gasteiger partial charge in [0, 0.05) is 11.6 Å². The van der Waals surface area contributed by atoms with Crippen molar-refractivity contribution in [2.75, 3.05) is 0 Å². The van der Waals surface area contributed by atoms with E-state index in [1.165, 1.54) is 6.92 Å². The average Bonchev–Trinajstić information content (AvgIpc) is 2.02. The van der Waals surface area contributed by atoms with Crippen LogP contribution in [0, 0.1) is 5.82 Å². The zero-order valence-electron chi connectivity index (χ0n) is 7.49. The van der Waals surface area contributed by atoms with Gasteiger partial charge in [-0.2, -0.15) is 0 Å². The molecule has 5 heteroatoms. The number of carboxylic acids is 1. The second-order valence-electron chi connectivity index (χ2n) is 3.17. The molecule has 0 bridgehead atoms. The first-order valence-electron chi connectivity index (χ1n) is 3.87. The molecule has 1 aromatic rings. The minimum Gasteiger partial charge on any atom is -0.507 e. The van der Waals surface area contributed by atoms with Crippen molar-refractivity contribution in [3.05, 3.63) is 29.6 Å². The van der Waals surface area contributed by atoms with Crippen molar-refractivity contribution >= 4 is 5.97 Å². The Bertz CT molecular complexity index is 376. The average molecular weight is 199 g/mol. The van der Waals surface area contributed by atoms with Crippen LogP contribution in [0.15, 0.2) is 18.2 Å². The fourth-order valence-corrected chi connectivity index (χ4v) is 1.06. The van der Waals surface area contributed by atoms with Crippen molar-refractivity contribution in [2.24, 2.45) is 5.73 Å². The number of phenolic OH excluding ortho intramolecular Hbond substituents is 1. The molecule has 0 spiro atoms. The third-order valence-corrected chi connectivity index (χ3v) is 1.96. The molecule has 0 heterocycles. The van der Waals surface area contributed by atoms with Crippen molar-refractivity contribution < 1.29 is 19.4 Å². The molecule has 0 aliphatic rings. The zero-order chi connectivity index (χ0) is 10.9. The molecule has 4 nitrogen and oxygen atoms in total. The molecule has 1 atom stereocenters. The van der Waals surface area contributed by atoms with Crippen molar-refractivity contribution in [1.29, 1.82) is 0 Å². The molecule has 0 saturated carbocycles. The smallest absolute Gasteiger partial charge is 0.328 e. The molecule has 1 rings (SSSR count). The SMILES string of the molecule is C[C@@](N)(C(=O)O)c1ccc(F)cc1O. The summed E-state index contributed by atoms with van der Waals surface area (Å²) in [4.78, 5) is 10.7. The monoisotopic (exact) mass is 199 g/mol. The van der Waals surface area contributed by atoms with Gasteiger partial charge in [-0.3, -0.25) is 0 Å². The van der Waals surface area contributed by atoms with E-state index >= 15 is 0 Å². The maximum absolute atomic E-state index is 12.6. The van der Waals surface area contributed by atoms with E-state index in [1.807, 2.05) is 0 Å². The Morgan fingerprint density at radius 1 is 1.57 bits per heavy atom. The Hall–Kier alpha value is -1.62. The largest absolute Gasteiger partial charge is 0.507 e. The van der Waals surface area contributed by atoms with Crippen LogP contribution in [0.5, 0.6) is 5.75 Å². The standard InChI is InChI=1S/C9H10FNO3/c1-9(11,8(13)14)6-3-2-5(10)4-7(6)12/h2-4,12H,11H2,1H3,(H,13,14)/t9-/m0/s1. The molecule has 1 aromatic carbocycles. The predicted molar refractivity (Wildman–Crippen MR) is 47.2 cm³/mol. The number of hydrogen-bond acceptors (Lipinski definition) is 3. The molecule has 0 aliphatic heterocycles. The summed E-state index contributed by atoms with van der Waals surface area (Å²) in [6, 6.07) is 3.02. The summed E-state index contributed by atoms with van der Waals surface area (Å²) in [6.45, 7) is 1.22. The van der Waals surface area contributed by atoms with Gasteiger partial charge in [-0.25, -0.2) is 9.18 Å². The molecular weight excluding hydrogens is 189 g/mol. The third-order valence-electron chi connectivity index (χ3n) is 1.96. The normalized spacial score (nSPS) is 14.8. The Morgan fingerprint density at radius 2 is 2.14 bits per heavy atom.